The molecule has 1 aliphatic rings. The highest BCUT2D eigenvalue weighted by Gasteiger charge is 2.37. The van der Waals surface area contributed by atoms with E-state index >= 15 is 0 Å². The summed E-state index contributed by atoms with van der Waals surface area (Å²) in [5, 5.41) is 4.79. The molecular weight excluding hydrogens is 344 g/mol. The smallest absolute Gasteiger partial charge is 0.410 e. The van der Waals surface area contributed by atoms with Gasteiger partial charge in [0.1, 0.15) is 12.6 Å². The molecular formula is C17H19ClN4O3. The van der Waals surface area contributed by atoms with Crippen LogP contribution in [0.4, 0.5) is 4.79 Å². The summed E-state index contributed by atoms with van der Waals surface area (Å²) in [6, 6.07) is 6.73. The van der Waals surface area contributed by atoms with Crippen LogP contribution < -0.4 is 0 Å². The molecule has 2 amide bonds. The standard InChI is InChI=1S/C17H19ClN4O3/c1-20-8-13(7-19-20)10-22(9-12-3-5-14(18)6-4-12)16(23)15-11-25-17(24)21(15)2/h3-8,15H,9-11H2,1-2H3. The number of aryl methyl sites for hydroxylation is 1. The normalized spacial score (nSPS) is 16.8. The molecule has 132 valence electrons. The van der Waals surface area contributed by atoms with Gasteiger partial charge in [-0.1, -0.05) is 23.7 Å². The Hall–Kier alpha value is -2.54. The lowest BCUT2D eigenvalue weighted by Crippen LogP contribution is -2.45. The summed E-state index contributed by atoms with van der Waals surface area (Å²) < 4.78 is 6.66. The highest BCUT2D eigenvalue weighted by Crippen LogP contribution is 2.18. The van der Waals surface area contributed by atoms with Crippen LogP contribution in [0.3, 0.4) is 0 Å². The Bertz CT molecular complexity index is 774. The number of benzene rings is 1. The number of carbonyl (C=O) groups excluding carboxylic acids is 2. The second-order valence-electron chi connectivity index (χ2n) is 6.05. The molecule has 1 aliphatic heterocycles. The molecule has 3 rings (SSSR count). The molecule has 1 aromatic heterocycles. The van der Waals surface area contributed by atoms with Gasteiger partial charge in [0.25, 0.3) is 0 Å². The first kappa shape index (κ1) is 17.3. The van der Waals surface area contributed by atoms with E-state index in [2.05, 4.69) is 5.10 Å². The average molecular weight is 363 g/mol. The highest BCUT2D eigenvalue weighted by atomic mass is 35.5. The van der Waals surface area contributed by atoms with Gasteiger partial charge in [0, 0.05) is 44.0 Å². The van der Waals surface area contributed by atoms with Crippen molar-refractivity contribution in [1.29, 1.82) is 0 Å². The van der Waals surface area contributed by atoms with Crippen molar-refractivity contribution in [3.05, 3.63) is 52.8 Å². The lowest BCUT2D eigenvalue weighted by Gasteiger charge is -2.27. The molecule has 1 fully saturated rings. The fraction of sp³-hybridized carbons (Fsp3) is 0.353. The Balaban J connectivity index is 1.81. The van der Waals surface area contributed by atoms with Gasteiger partial charge >= 0.3 is 6.09 Å². The first-order valence-corrected chi connectivity index (χ1v) is 8.22. The molecule has 25 heavy (non-hydrogen) atoms. The van der Waals surface area contributed by atoms with E-state index in [1.807, 2.05) is 25.4 Å². The molecule has 2 heterocycles. The van der Waals surface area contributed by atoms with Gasteiger partial charge in [0.2, 0.25) is 5.91 Å². The molecule has 1 aromatic carbocycles. The lowest BCUT2D eigenvalue weighted by atomic mass is 10.1. The number of cyclic esters (lactones) is 1. The molecule has 8 heteroatoms. The third-order valence-electron chi connectivity index (χ3n) is 4.14. The van der Waals surface area contributed by atoms with E-state index in [0.717, 1.165) is 11.1 Å². The monoisotopic (exact) mass is 362 g/mol. The summed E-state index contributed by atoms with van der Waals surface area (Å²) in [5.74, 6) is -0.160. The van der Waals surface area contributed by atoms with Crippen LogP contribution in [0.25, 0.3) is 0 Å². The van der Waals surface area contributed by atoms with Crippen molar-refractivity contribution in [2.45, 2.75) is 19.1 Å². The quantitative estimate of drug-likeness (QED) is 0.816. The first-order valence-electron chi connectivity index (χ1n) is 7.84. The number of carbonyl (C=O) groups is 2. The van der Waals surface area contributed by atoms with Gasteiger partial charge in [0.15, 0.2) is 0 Å². The molecule has 0 radical (unpaired) electrons. The predicted octanol–water partition coefficient (Wildman–Crippen LogP) is 2.05. The molecule has 7 nitrogen and oxygen atoms in total. The summed E-state index contributed by atoms with van der Waals surface area (Å²) >= 11 is 5.93. The molecule has 0 aliphatic carbocycles. The van der Waals surface area contributed by atoms with E-state index in [9.17, 15) is 9.59 Å². The van der Waals surface area contributed by atoms with Crippen LogP contribution in [0.15, 0.2) is 36.7 Å². The largest absolute Gasteiger partial charge is 0.447 e. The molecule has 1 unspecified atom stereocenters. The van der Waals surface area contributed by atoms with Crippen LogP contribution in [0.1, 0.15) is 11.1 Å². The number of rotatable bonds is 5. The molecule has 0 spiro atoms. The molecule has 0 saturated carbocycles. The first-order chi connectivity index (χ1) is 11.9. The van der Waals surface area contributed by atoms with Gasteiger partial charge in [-0.25, -0.2) is 4.79 Å². The third kappa shape index (κ3) is 3.93. The van der Waals surface area contributed by atoms with Gasteiger partial charge in [-0.15, -0.1) is 0 Å². The predicted molar refractivity (Wildman–Crippen MR) is 91.8 cm³/mol. The van der Waals surface area contributed by atoms with Crippen molar-refractivity contribution in [3.63, 3.8) is 0 Å². The lowest BCUT2D eigenvalue weighted by molar-refractivity contribution is -0.136. The maximum Gasteiger partial charge on any atom is 0.410 e. The van der Waals surface area contributed by atoms with Crippen molar-refractivity contribution in [3.8, 4) is 0 Å². The number of hydrogen-bond donors (Lipinski definition) is 0. The fourth-order valence-corrected chi connectivity index (χ4v) is 2.86. The SMILES string of the molecule is CN1C(=O)OCC1C(=O)N(Cc1ccc(Cl)cc1)Cc1cnn(C)c1. The number of halogens is 1. The van der Waals surface area contributed by atoms with Gasteiger partial charge in [-0.05, 0) is 17.7 Å². The molecule has 0 N–H and O–H groups in total. The molecule has 0 bridgehead atoms. The summed E-state index contributed by atoms with van der Waals surface area (Å²) in [7, 11) is 3.40. The van der Waals surface area contributed by atoms with E-state index in [1.165, 1.54) is 4.90 Å². The third-order valence-corrected chi connectivity index (χ3v) is 4.39. The number of ether oxygens (including phenoxy) is 1. The fourth-order valence-electron chi connectivity index (χ4n) is 2.73. The highest BCUT2D eigenvalue weighted by molar-refractivity contribution is 6.30. The van der Waals surface area contributed by atoms with Crippen LogP contribution in [0, 0.1) is 0 Å². The zero-order valence-electron chi connectivity index (χ0n) is 14.1. The zero-order valence-corrected chi connectivity index (χ0v) is 14.8. The number of hydrogen-bond acceptors (Lipinski definition) is 4. The van der Waals surface area contributed by atoms with E-state index in [-0.39, 0.29) is 12.5 Å². The van der Waals surface area contributed by atoms with Crippen molar-refractivity contribution in [2.24, 2.45) is 7.05 Å². The molecule has 1 atom stereocenters. The summed E-state index contributed by atoms with van der Waals surface area (Å²) in [6.45, 7) is 0.871. The van der Waals surface area contributed by atoms with E-state index in [1.54, 1.807) is 35.0 Å². The molecule has 2 aromatic rings. The minimum Gasteiger partial charge on any atom is -0.447 e. The van der Waals surface area contributed by atoms with Gasteiger partial charge in [-0.3, -0.25) is 14.4 Å². The second-order valence-corrected chi connectivity index (χ2v) is 6.48. The Morgan fingerprint density at radius 3 is 2.52 bits per heavy atom. The topological polar surface area (TPSA) is 67.7 Å². The van der Waals surface area contributed by atoms with Crippen LogP contribution in [0.2, 0.25) is 5.02 Å². The Morgan fingerprint density at radius 2 is 1.96 bits per heavy atom. The van der Waals surface area contributed by atoms with E-state index in [4.69, 9.17) is 16.3 Å². The molecule has 1 saturated heterocycles. The second kappa shape index (κ2) is 7.14. The van der Waals surface area contributed by atoms with Crippen LogP contribution in [-0.4, -0.2) is 51.3 Å². The maximum absolute atomic E-state index is 13.0. The number of aromatic nitrogens is 2. The summed E-state index contributed by atoms with van der Waals surface area (Å²) in [4.78, 5) is 27.6. The summed E-state index contributed by atoms with van der Waals surface area (Å²) in [6.07, 6.45) is 3.11. The van der Waals surface area contributed by atoms with Gasteiger partial charge in [-0.2, -0.15) is 5.10 Å². The maximum atomic E-state index is 13.0. The minimum atomic E-state index is -0.614. The van der Waals surface area contributed by atoms with Gasteiger partial charge < -0.3 is 9.64 Å². The Kier molecular flexibility index (Phi) is 4.94. The Labute approximate surface area is 150 Å². The minimum absolute atomic E-state index is 0.0678. The number of amides is 2. The van der Waals surface area contributed by atoms with E-state index < -0.39 is 12.1 Å². The van der Waals surface area contributed by atoms with Crippen molar-refractivity contribution in [2.75, 3.05) is 13.7 Å². The number of likely N-dealkylation sites (N-methyl/N-ethyl adjacent to an activating group) is 1. The van der Waals surface area contributed by atoms with Crippen LogP contribution >= 0.6 is 11.6 Å². The van der Waals surface area contributed by atoms with Crippen molar-refractivity contribution < 1.29 is 14.3 Å². The average Bonchev–Trinajstić information content (AvgIpc) is 3.14. The van der Waals surface area contributed by atoms with Gasteiger partial charge in [0.05, 0.1) is 6.20 Å². The van der Waals surface area contributed by atoms with Crippen LogP contribution in [0.5, 0.6) is 0 Å². The Morgan fingerprint density at radius 1 is 1.28 bits per heavy atom. The van der Waals surface area contributed by atoms with Crippen molar-refractivity contribution >= 4 is 23.6 Å². The summed E-state index contributed by atoms with van der Waals surface area (Å²) in [5.41, 5.74) is 1.87. The van der Waals surface area contributed by atoms with E-state index in [0.29, 0.717) is 18.1 Å². The zero-order chi connectivity index (χ0) is 18.0. The number of nitrogens with zero attached hydrogens (tertiary/aromatic N) is 4. The van der Waals surface area contributed by atoms with Crippen LogP contribution in [-0.2, 0) is 29.7 Å². The van der Waals surface area contributed by atoms with Crippen molar-refractivity contribution in [1.82, 2.24) is 19.6 Å².